The molecule has 0 radical (unpaired) electrons. The summed E-state index contributed by atoms with van der Waals surface area (Å²) in [4.78, 5) is 16.9. The van der Waals surface area contributed by atoms with E-state index in [1.165, 1.54) is 7.11 Å². The van der Waals surface area contributed by atoms with Crippen molar-refractivity contribution in [1.29, 1.82) is 0 Å². The Hall–Kier alpha value is -2.66. The fourth-order valence-electron chi connectivity index (χ4n) is 2.58. The number of benzene rings is 1. The smallest absolute Gasteiger partial charge is 0.254 e. The van der Waals surface area contributed by atoms with Gasteiger partial charge in [0, 0.05) is 19.5 Å². The van der Waals surface area contributed by atoms with Gasteiger partial charge < -0.3 is 14.5 Å². The lowest BCUT2D eigenvalue weighted by Crippen LogP contribution is -2.30. The highest BCUT2D eigenvalue weighted by Gasteiger charge is 2.19. The molecule has 3 rings (SSSR count). The summed E-state index contributed by atoms with van der Waals surface area (Å²) in [7, 11) is 1.53. The maximum absolute atomic E-state index is 12.4. The molecular weight excluding hydrogens is 290 g/mol. The summed E-state index contributed by atoms with van der Waals surface area (Å²) in [5.74, 6) is -0.174. The highest BCUT2D eigenvalue weighted by Crippen LogP contribution is 2.16. The van der Waals surface area contributed by atoms with E-state index in [-0.39, 0.29) is 5.91 Å². The van der Waals surface area contributed by atoms with Crippen molar-refractivity contribution in [3.8, 4) is 0 Å². The molecule has 1 N–H and O–H groups in total. The van der Waals surface area contributed by atoms with Gasteiger partial charge in [0.2, 0.25) is 0 Å². The maximum Gasteiger partial charge on any atom is 0.254 e. The third-order valence-electron chi connectivity index (χ3n) is 3.75. The molecule has 5 nitrogen and oxygen atoms in total. The number of fused-ring (bicyclic) bond motifs is 1. The van der Waals surface area contributed by atoms with Crippen LogP contribution in [0.3, 0.4) is 0 Å². The number of methoxy groups -OCH3 is 1. The fraction of sp³-hybridized carbons (Fsp3) is 0.222. The quantitative estimate of drug-likeness (QED) is 0.788. The third kappa shape index (κ3) is 3.24. The molecule has 0 aliphatic rings. The number of carbonyl (C=O) groups is 1. The summed E-state index contributed by atoms with van der Waals surface area (Å²) in [5.41, 5.74) is 3.65. The van der Waals surface area contributed by atoms with Gasteiger partial charge in [0.25, 0.3) is 5.91 Å². The van der Waals surface area contributed by atoms with Gasteiger partial charge in [-0.05, 0) is 24.1 Å². The van der Waals surface area contributed by atoms with Gasteiger partial charge >= 0.3 is 0 Å². The normalized spacial score (nSPS) is 12.3. The lowest BCUT2D eigenvalue weighted by molar-refractivity contribution is -0.131. The van der Waals surface area contributed by atoms with Crippen LogP contribution in [0.1, 0.15) is 22.9 Å². The van der Waals surface area contributed by atoms with Crippen molar-refractivity contribution in [2.24, 2.45) is 0 Å². The van der Waals surface area contributed by atoms with Crippen molar-refractivity contribution in [1.82, 2.24) is 14.7 Å². The molecule has 3 aromatic rings. The average Bonchev–Trinajstić information content (AvgIpc) is 2.99. The first kappa shape index (κ1) is 15.2. The number of aromatic nitrogens is 2. The average molecular weight is 309 g/mol. The maximum atomic E-state index is 12.4. The van der Waals surface area contributed by atoms with Crippen molar-refractivity contribution in [2.75, 3.05) is 7.11 Å². The zero-order chi connectivity index (χ0) is 16.2. The van der Waals surface area contributed by atoms with E-state index in [1.807, 2.05) is 66.2 Å². The van der Waals surface area contributed by atoms with E-state index in [2.05, 4.69) is 10.3 Å². The molecule has 0 saturated heterocycles. The van der Waals surface area contributed by atoms with Crippen LogP contribution in [0.25, 0.3) is 5.65 Å². The molecule has 23 heavy (non-hydrogen) atoms. The van der Waals surface area contributed by atoms with Crippen LogP contribution in [0.4, 0.5) is 0 Å². The van der Waals surface area contributed by atoms with Crippen molar-refractivity contribution in [3.63, 3.8) is 0 Å². The van der Waals surface area contributed by atoms with Crippen LogP contribution in [0.5, 0.6) is 0 Å². The summed E-state index contributed by atoms with van der Waals surface area (Å²) >= 11 is 0. The molecule has 0 aliphatic heterocycles. The summed E-state index contributed by atoms with van der Waals surface area (Å²) in [6, 6.07) is 13.4. The minimum atomic E-state index is -0.616. The predicted octanol–water partition coefficient (Wildman–Crippen LogP) is 2.65. The molecule has 0 bridgehead atoms. The molecule has 2 heterocycles. The van der Waals surface area contributed by atoms with Crippen LogP contribution in [0.15, 0.2) is 54.9 Å². The van der Waals surface area contributed by atoms with E-state index in [9.17, 15) is 4.79 Å². The van der Waals surface area contributed by atoms with E-state index in [0.29, 0.717) is 6.54 Å². The van der Waals surface area contributed by atoms with E-state index in [0.717, 1.165) is 22.5 Å². The molecule has 0 saturated carbocycles. The molecule has 0 unspecified atom stereocenters. The second kappa shape index (κ2) is 6.62. The lowest BCUT2D eigenvalue weighted by atomic mass is 10.1. The minimum Gasteiger partial charge on any atom is -0.367 e. The monoisotopic (exact) mass is 309 g/mol. The van der Waals surface area contributed by atoms with Crippen LogP contribution in [-0.2, 0) is 16.1 Å². The molecule has 2 aromatic heterocycles. The number of aryl methyl sites for hydroxylation is 1. The number of hydrogen-bond donors (Lipinski definition) is 1. The second-order valence-corrected chi connectivity index (χ2v) is 5.40. The van der Waals surface area contributed by atoms with Crippen LogP contribution in [0.2, 0.25) is 0 Å². The minimum absolute atomic E-state index is 0.174. The number of pyridine rings is 1. The summed E-state index contributed by atoms with van der Waals surface area (Å²) < 4.78 is 7.29. The number of nitrogens with one attached hydrogen (secondary N) is 1. The van der Waals surface area contributed by atoms with Gasteiger partial charge in [-0.3, -0.25) is 4.79 Å². The molecule has 5 heteroatoms. The number of hydrogen-bond acceptors (Lipinski definition) is 3. The molecule has 1 atom stereocenters. The standard InChI is InChI=1S/C18H19N3O2/c1-13-7-6-10-21-12-15(20-17(13)21)11-19-18(22)16(23-2)14-8-4-3-5-9-14/h3-10,12,16H,11H2,1-2H3,(H,19,22)/t16-/m1/s1. The zero-order valence-corrected chi connectivity index (χ0v) is 13.2. The van der Waals surface area contributed by atoms with E-state index in [1.54, 1.807) is 0 Å². The Morgan fingerprint density at radius 3 is 2.74 bits per heavy atom. The van der Waals surface area contributed by atoms with Gasteiger partial charge in [0.05, 0.1) is 12.2 Å². The number of nitrogens with zero attached hydrogens (tertiary/aromatic N) is 2. The fourth-order valence-corrected chi connectivity index (χ4v) is 2.58. The van der Waals surface area contributed by atoms with Crippen LogP contribution in [0, 0.1) is 6.92 Å². The topological polar surface area (TPSA) is 55.6 Å². The SMILES string of the molecule is CO[C@@H](C(=O)NCc1cn2cccc(C)c2n1)c1ccccc1. The molecule has 0 aliphatic carbocycles. The third-order valence-corrected chi connectivity index (χ3v) is 3.75. The van der Waals surface area contributed by atoms with Crippen LogP contribution < -0.4 is 5.32 Å². The number of amides is 1. The second-order valence-electron chi connectivity index (χ2n) is 5.40. The number of ether oxygens (including phenoxy) is 1. The Bertz CT molecular complexity index is 812. The van der Waals surface area contributed by atoms with Gasteiger partial charge in [0.1, 0.15) is 5.65 Å². The van der Waals surface area contributed by atoms with Crippen molar-refractivity contribution in [2.45, 2.75) is 19.6 Å². The molecule has 1 amide bonds. The Morgan fingerprint density at radius 2 is 2.04 bits per heavy atom. The Balaban J connectivity index is 1.71. The van der Waals surface area contributed by atoms with Gasteiger partial charge in [-0.15, -0.1) is 0 Å². The summed E-state index contributed by atoms with van der Waals surface area (Å²) in [6.07, 6.45) is 3.25. The Morgan fingerprint density at radius 1 is 1.26 bits per heavy atom. The summed E-state index contributed by atoms with van der Waals surface area (Å²) in [6.45, 7) is 2.38. The number of rotatable bonds is 5. The first-order valence-corrected chi connectivity index (χ1v) is 7.47. The van der Waals surface area contributed by atoms with E-state index in [4.69, 9.17) is 4.74 Å². The molecule has 1 aromatic carbocycles. The van der Waals surface area contributed by atoms with E-state index >= 15 is 0 Å². The van der Waals surface area contributed by atoms with Gasteiger partial charge in [-0.2, -0.15) is 0 Å². The van der Waals surface area contributed by atoms with Gasteiger partial charge in [0.15, 0.2) is 6.10 Å². The van der Waals surface area contributed by atoms with E-state index < -0.39 is 6.10 Å². The first-order valence-electron chi connectivity index (χ1n) is 7.47. The van der Waals surface area contributed by atoms with Crippen molar-refractivity contribution in [3.05, 3.63) is 71.7 Å². The summed E-state index contributed by atoms with van der Waals surface area (Å²) in [5, 5.41) is 2.89. The molecule has 0 fully saturated rings. The predicted molar refractivity (Wildman–Crippen MR) is 88.0 cm³/mol. The van der Waals surface area contributed by atoms with Crippen molar-refractivity contribution < 1.29 is 9.53 Å². The Kier molecular flexibility index (Phi) is 4.39. The first-order chi connectivity index (χ1) is 11.2. The van der Waals surface area contributed by atoms with Gasteiger partial charge in [-0.1, -0.05) is 36.4 Å². The highest BCUT2D eigenvalue weighted by atomic mass is 16.5. The van der Waals surface area contributed by atoms with Gasteiger partial charge in [-0.25, -0.2) is 4.98 Å². The molecule has 118 valence electrons. The molecule has 0 spiro atoms. The number of carbonyl (C=O) groups excluding carboxylic acids is 1. The number of imidazole rings is 1. The zero-order valence-electron chi connectivity index (χ0n) is 13.2. The lowest BCUT2D eigenvalue weighted by Gasteiger charge is -2.15. The van der Waals surface area contributed by atoms with Crippen molar-refractivity contribution >= 4 is 11.6 Å². The highest BCUT2D eigenvalue weighted by molar-refractivity contribution is 5.82. The molecular formula is C18H19N3O2. The van der Waals surface area contributed by atoms with Crippen LogP contribution in [-0.4, -0.2) is 22.4 Å². The Labute approximate surface area is 134 Å². The largest absolute Gasteiger partial charge is 0.367 e. The van der Waals surface area contributed by atoms with Crippen LogP contribution >= 0.6 is 0 Å².